The fourth-order valence-corrected chi connectivity index (χ4v) is 5.47. The molecule has 0 bridgehead atoms. The second-order valence-electron chi connectivity index (χ2n) is 9.67. The topological polar surface area (TPSA) is 109 Å². The molecule has 0 aliphatic heterocycles. The molecule has 0 fully saturated rings. The van der Waals surface area contributed by atoms with E-state index in [4.69, 9.17) is 0 Å². The average molecular weight is 531 g/mol. The monoisotopic (exact) mass is 530 g/mol. The van der Waals surface area contributed by atoms with E-state index in [-0.39, 0.29) is 22.7 Å². The molecule has 0 unspecified atom stereocenters. The first-order chi connectivity index (χ1) is 17.8. The summed E-state index contributed by atoms with van der Waals surface area (Å²) in [7, 11) is -3.64. The van der Waals surface area contributed by atoms with Crippen LogP contribution < -0.4 is 10.0 Å². The molecule has 0 saturated heterocycles. The van der Waals surface area contributed by atoms with Crippen molar-refractivity contribution in [3.05, 3.63) is 53.8 Å². The Bertz CT molecular complexity index is 1060. The summed E-state index contributed by atoms with van der Waals surface area (Å²) in [5.74, 6) is -1.59. The predicted octanol–water partition coefficient (Wildman–Crippen LogP) is 6.23. The largest absolute Gasteiger partial charge is 0.318 e. The van der Waals surface area contributed by atoms with Crippen LogP contribution in [0, 0.1) is 0 Å². The van der Waals surface area contributed by atoms with Crippen LogP contribution in [0.15, 0.2) is 48.2 Å². The third-order valence-corrected chi connectivity index (χ3v) is 7.76. The van der Waals surface area contributed by atoms with Crippen LogP contribution in [0.4, 0.5) is 5.69 Å². The number of amides is 1. The molecule has 1 aliphatic rings. The molecule has 0 spiro atoms. The third-order valence-electron chi connectivity index (χ3n) is 6.40. The first kappa shape index (κ1) is 30.5. The van der Waals surface area contributed by atoms with Crippen LogP contribution in [0.25, 0.3) is 0 Å². The van der Waals surface area contributed by atoms with Crippen LogP contribution >= 0.6 is 0 Å². The summed E-state index contributed by atoms with van der Waals surface area (Å²) >= 11 is 0. The molecule has 1 amide bonds. The quantitative estimate of drug-likeness (QED) is 0.163. The van der Waals surface area contributed by atoms with Crippen LogP contribution in [0.2, 0.25) is 0 Å². The van der Waals surface area contributed by atoms with Gasteiger partial charge in [-0.15, -0.1) is 0 Å². The molecule has 0 saturated carbocycles. The molecular formula is C29H42N2O5S. The number of anilines is 1. The van der Waals surface area contributed by atoms with E-state index in [2.05, 4.69) is 17.0 Å². The highest BCUT2D eigenvalue weighted by Gasteiger charge is 2.20. The van der Waals surface area contributed by atoms with Crippen LogP contribution in [-0.2, 0) is 19.6 Å². The Morgan fingerprint density at radius 3 is 1.89 bits per heavy atom. The summed E-state index contributed by atoms with van der Waals surface area (Å²) in [5.41, 5.74) is 0.0661. The van der Waals surface area contributed by atoms with Gasteiger partial charge in [0.15, 0.2) is 5.78 Å². The number of sulfonamides is 1. The lowest BCUT2D eigenvalue weighted by Gasteiger charge is -2.14. The van der Waals surface area contributed by atoms with Crippen molar-refractivity contribution in [3.8, 4) is 0 Å². The molecule has 204 valence electrons. The van der Waals surface area contributed by atoms with Gasteiger partial charge in [0.1, 0.15) is 0 Å². The Morgan fingerprint density at radius 2 is 1.30 bits per heavy atom. The van der Waals surface area contributed by atoms with Crippen molar-refractivity contribution in [1.29, 1.82) is 0 Å². The number of unbranched alkanes of at least 4 members (excludes halogenated alkanes) is 13. The van der Waals surface area contributed by atoms with Gasteiger partial charge in [0, 0.05) is 6.08 Å². The summed E-state index contributed by atoms with van der Waals surface area (Å²) in [6, 6.07) is 6.19. The summed E-state index contributed by atoms with van der Waals surface area (Å²) in [5, 5.41) is 2.41. The van der Waals surface area contributed by atoms with Gasteiger partial charge < -0.3 is 5.32 Å². The normalized spacial score (nSPS) is 13.5. The fourth-order valence-electron chi connectivity index (χ4n) is 4.27. The van der Waals surface area contributed by atoms with Gasteiger partial charge in [-0.3, -0.25) is 19.1 Å². The minimum Gasteiger partial charge on any atom is -0.318 e. The number of para-hydroxylation sites is 1. The van der Waals surface area contributed by atoms with Gasteiger partial charge in [0.2, 0.25) is 15.8 Å². The van der Waals surface area contributed by atoms with Crippen molar-refractivity contribution in [1.82, 2.24) is 5.32 Å². The molecular weight excluding hydrogens is 488 g/mol. The molecule has 1 aromatic rings. The Kier molecular flexibility index (Phi) is 13.9. The zero-order valence-electron chi connectivity index (χ0n) is 22.1. The Balaban J connectivity index is 1.66. The van der Waals surface area contributed by atoms with E-state index >= 15 is 0 Å². The fraction of sp³-hybridized carbons (Fsp3) is 0.552. The van der Waals surface area contributed by atoms with E-state index in [1.54, 1.807) is 12.1 Å². The van der Waals surface area contributed by atoms with Gasteiger partial charge in [0.25, 0.3) is 5.91 Å². The maximum absolute atomic E-state index is 12.7. The number of benzene rings is 1. The van der Waals surface area contributed by atoms with Gasteiger partial charge in [-0.2, -0.15) is 0 Å². The number of rotatable bonds is 19. The molecule has 0 radical (unpaired) electrons. The molecule has 1 aliphatic carbocycles. The number of nitrogens with one attached hydrogen (secondary N) is 2. The van der Waals surface area contributed by atoms with E-state index in [1.165, 1.54) is 76.3 Å². The standard InChI is InChI=1S/C29H42N2O5S/c1-2-3-4-5-6-7-8-9-10-11-12-13-14-17-22-37(35,36)31-26-19-16-15-18-25(26)29(34)30-27-23-24(32)20-21-28(27)33/h15-16,18-21,23,31H,2-14,17,22H2,1H3,(H,30,34). The summed E-state index contributed by atoms with van der Waals surface area (Å²) in [6.07, 6.45) is 19.9. The number of hydrogen-bond acceptors (Lipinski definition) is 5. The SMILES string of the molecule is CCCCCCCCCCCCCCCCS(=O)(=O)Nc1ccccc1C(=O)NC1=CC(=O)C=CC1=O. The van der Waals surface area contributed by atoms with Crippen LogP contribution in [0.1, 0.15) is 107 Å². The zero-order chi connectivity index (χ0) is 26.9. The first-order valence-corrected chi connectivity index (χ1v) is 15.4. The molecule has 37 heavy (non-hydrogen) atoms. The summed E-state index contributed by atoms with van der Waals surface area (Å²) in [4.78, 5) is 36.1. The first-order valence-electron chi connectivity index (χ1n) is 13.7. The minimum absolute atomic E-state index is 0.0239. The van der Waals surface area contributed by atoms with E-state index < -0.39 is 27.5 Å². The second kappa shape index (κ2) is 16.9. The Labute approximate surface area is 222 Å². The van der Waals surface area contributed by atoms with Gasteiger partial charge in [0.05, 0.1) is 22.7 Å². The maximum Gasteiger partial charge on any atom is 0.257 e. The maximum atomic E-state index is 12.7. The third kappa shape index (κ3) is 12.4. The number of carbonyl (C=O) groups excluding carboxylic acids is 3. The summed E-state index contributed by atoms with van der Waals surface area (Å²) in [6.45, 7) is 2.24. The Hall–Kier alpha value is -2.74. The molecule has 2 N–H and O–H groups in total. The van der Waals surface area contributed by atoms with Crippen molar-refractivity contribution < 1.29 is 22.8 Å². The zero-order valence-corrected chi connectivity index (χ0v) is 22.9. The van der Waals surface area contributed by atoms with Crippen molar-refractivity contribution in [2.45, 2.75) is 96.8 Å². The smallest absolute Gasteiger partial charge is 0.257 e. The lowest BCUT2D eigenvalue weighted by atomic mass is 10.0. The molecule has 0 aromatic heterocycles. The highest BCUT2D eigenvalue weighted by atomic mass is 32.2. The van der Waals surface area contributed by atoms with E-state index in [1.807, 2.05) is 0 Å². The van der Waals surface area contributed by atoms with E-state index in [9.17, 15) is 22.8 Å². The second-order valence-corrected chi connectivity index (χ2v) is 11.5. The molecule has 8 heteroatoms. The molecule has 7 nitrogen and oxygen atoms in total. The lowest BCUT2D eigenvalue weighted by Crippen LogP contribution is -2.30. The van der Waals surface area contributed by atoms with Crippen molar-refractivity contribution >= 4 is 33.2 Å². The number of allylic oxidation sites excluding steroid dienone is 3. The van der Waals surface area contributed by atoms with Gasteiger partial charge in [-0.25, -0.2) is 8.42 Å². The number of hydrogen-bond donors (Lipinski definition) is 2. The molecule has 0 atom stereocenters. The van der Waals surface area contributed by atoms with Gasteiger partial charge >= 0.3 is 0 Å². The van der Waals surface area contributed by atoms with Crippen molar-refractivity contribution in [2.75, 3.05) is 10.5 Å². The lowest BCUT2D eigenvalue weighted by molar-refractivity contribution is -0.114. The highest BCUT2D eigenvalue weighted by Crippen LogP contribution is 2.19. The van der Waals surface area contributed by atoms with E-state index in [0.29, 0.717) is 6.42 Å². The van der Waals surface area contributed by atoms with Crippen LogP contribution in [0.3, 0.4) is 0 Å². The van der Waals surface area contributed by atoms with Gasteiger partial charge in [-0.1, -0.05) is 103 Å². The van der Waals surface area contributed by atoms with Crippen molar-refractivity contribution in [2.24, 2.45) is 0 Å². The highest BCUT2D eigenvalue weighted by molar-refractivity contribution is 7.92. The summed E-state index contributed by atoms with van der Waals surface area (Å²) < 4.78 is 27.7. The molecule has 2 rings (SSSR count). The average Bonchev–Trinajstić information content (AvgIpc) is 2.86. The van der Waals surface area contributed by atoms with Gasteiger partial charge in [-0.05, 0) is 30.7 Å². The molecule has 0 heterocycles. The van der Waals surface area contributed by atoms with Crippen LogP contribution in [-0.4, -0.2) is 31.6 Å². The van der Waals surface area contributed by atoms with E-state index in [0.717, 1.165) is 37.5 Å². The minimum atomic E-state index is -3.64. The molecule has 1 aromatic carbocycles. The van der Waals surface area contributed by atoms with Crippen molar-refractivity contribution in [3.63, 3.8) is 0 Å². The number of carbonyl (C=O) groups is 3. The Morgan fingerprint density at radius 1 is 0.757 bits per heavy atom. The predicted molar refractivity (Wildman–Crippen MR) is 149 cm³/mol. The van der Waals surface area contributed by atoms with Crippen LogP contribution in [0.5, 0.6) is 0 Å². The number of ketones is 2.